The minimum atomic E-state index is 0.482. The first-order valence-electron chi connectivity index (χ1n) is 8.33. The van der Waals surface area contributed by atoms with Crippen LogP contribution in [-0.4, -0.2) is 49.3 Å². The lowest BCUT2D eigenvalue weighted by Gasteiger charge is -2.44. The van der Waals surface area contributed by atoms with E-state index < -0.39 is 0 Å². The van der Waals surface area contributed by atoms with Crippen molar-refractivity contribution in [1.29, 1.82) is 0 Å². The van der Waals surface area contributed by atoms with Gasteiger partial charge in [0.15, 0.2) is 0 Å². The first-order valence-corrected chi connectivity index (χ1v) is 8.33. The molecule has 0 aromatic heterocycles. The van der Waals surface area contributed by atoms with Crippen LogP contribution in [-0.2, 0) is 4.74 Å². The number of hydrogen-bond acceptors (Lipinski definition) is 3. The Balaban J connectivity index is 1.93. The second-order valence-corrected chi connectivity index (χ2v) is 6.41. The van der Waals surface area contributed by atoms with Crippen LogP contribution in [0.15, 0.2) is 0 Å². The van der Waals surface area contributed by atoms with Gasteiger partial charge >= 0.3 is 0 Å². The molecule has 0 amide bonds. The Morgan fingerprint density at radius 1 is 1.32 bits per heavy atom. The van der Waals surface area contributed by atoms with E-state index in [1.807, 2.05) is 0 Å². The number of nitrogens with one attached hydrogen (secondary N) is 1. The van der Waals surface area contributed by atoms with Gasteiger partial charge in [0.25, 0.3) is 0 Å². The third-order valence-corrected chi connectivity index (χ3v) is 5.05. The molecule has 0 aromatic carbocycles. The molecule has 2 rings (SSSR count). The van der Waals surface area contributed by atoms with Crippen LogP contribution in [0.1, 0.15) is 52.9 Å². The topological polar surface area (TPSA) is 24.5 Å². The summed E-state index contributed by atoms with van der Waals surface area (Å²) in [5, 5.41) is 3.72. The molecule has 2 aliphatic heterocycles. The Labute approximate surface area is 119 Å². The first kappa shape index (κ1) is 15.3. The van der Waals surface area contributed by atoms with E-state index in [4.69, 9.17) is 4.74 Å². The molecule has 112 valence electrons. The van der Waals surface area contributed by atoms with Crippen molar-refractivity contribution in [3.05, 3.63) is 0 Å². The van der Waals surface area contributed by atoms with E-state index in [2.05, 4.69) is 31.0 Å². The van der Waals surface area contributed by atoms with Crippen molar-refractivity contribution in [2.45, 2.75) is 71.1 Å². The lowest BCUT2D eigenvalue weighted by atomic mass is 9.93. The Hall–Kier alpha value is -0.120. The molecule has 0 aromatic rings. The van der Waals surface area contributed by atoms with Gasteiger partial charge in [-0.05, 0) is 31.6 Å². The fraction of sp³-hybridized carbons (Fsp3) is 1.00. The monoisotopic (exact) mass is 268 g/mol. The highest BCUT2D eigenvalue weighted by molar-refractivity contribution is 4.89. The third kappa shape index (κ3) is 4.17. The number of ether oxygens (including phenoxy) is 1. The second kappa shape index (κ2) is 7.61. The lowest BCUT2D eigenvalue weighted by Crippen LogP contribution is -2.59. The summed E-state index contributed by atoms with van der Waals surface area (Å²) >= 11 is 0. The van der Waals surface area contributed by atoms with E-state index >= 15 is 0 Å². The zero-order valence-corrected chi connectivity index (χ0v) is 13.0. The Morgan fingerprint density at radius 2 is 2.16 bits per heavy atom. The van der Waals surface area contributed by atoms with Crippen molar-refractivity contribution >= 4 is 0 Å². The zero-order valence-electron chi connectivity index (χ0n) is 13.0. The van der Waals surface area contributed by atoms with Gasteiger partial charge in [-0.25, -0.2) is 0 Å². The molecule has 1 N–H and O–H groups in total. The van der Waals surface area contributed by atoms with Crippen LogP contribution < -0.4 is 5.32 Å². The van der Waals surface area contributed by atoms with Gasteiger partial charge < -0.3 is 10.1 Å². The summed E-state index contributed by atoms with van der Waals surface area (Å²) in [6.07, 6.45) is 6.84. The fourth-order valence-corrected chi connectivity index (χ4v) is 3.43. The van der Waals surface area contributed by atoms with Gasteiger partial charge in [0.1, 0.15) is 0 Å². The molecular weight excluding hydrogens is 236 g/mol. The summed E-state index contributed by atoms with van der Waals surface area (Å²) in [6.45, 7) is 11.5. The minimum absolute atomic E-state index is 0.482. The predicted octanol–water partition coefficient (Wildman–Crippen LogP) is 2.65. The molecule has 19 heavy (non-hydrogen) atoms. The maximum absolute atomic E-state index is 5.95. The van der Waals surface area contributed by atoms with E-state index in [1.165, 1.54) is 38.6 Å². The normalized spacial score (nSPS) is 35.2. The van der Waals surface area contributed by atoms with Gasteiger partial charge in [-0.3, -0.25) is 4.90 Å². The van der Waals surface area contributed by atoms with Crippen molar-refractivity contribution in [1.82, 2.24) is 10.2 Å². The fourth-order valence-electron chi connectivity index (χ4n) is 3.43. The molecule has 0 aliphatic carbocycles. The molecular formula is C16H32N2O. The number of hydrogen-bond donors (Lipinski definition) is 1. The highest BCUT2D eigenvalue weighted by Gasteiger charge is 2.32. The van der Waals surface area contributed by atoms with Crippen LogP contribution in [0.25, 0.3) is 0 Å². The van der Waals surface area contributed by atoms with Gasteiger partial charge in [0.2, 0.25) is 0 Å². The summed E-state index contributed by atoms with van der Waals surface area (Å²) in [5.74, 6) is 0.772. The van der Waals surface area contributed by atoms with Gasteiger partial charge in [0.05, 0.1) is 6.10 Å². The number of rotatable bonds is 5. The van der Waals surface area contributed by atoms with E-state index in [1.54, 1.807) is 0 Å². The highest BCUT2D eigenvalue weighted by atomic mass is 16.5. The molecule has 4 unspecified atom stereocenters. The zero-order chi connectivity index (χ0) is 13.7. The van der Waals surface area contributed by atoms with Crippen molar-refractivity contribution < 1.29 is 4.74 Å². The number of piperazine rings is 1. The van der Waals surface area contributed by atoms with Crippen LogP contribution in [0.2, 0.25) is 0 Å². The first-order chi connectivity index (χ1) is 9.24. The van der Waals surface area contributed by atoms with Crippen molar-refractivity contribution in [3.8, 4) is 0 Å². The van der Waals surface area contributed by atoms with E-state index in [0.29, 0.717) is 18.2 Å². The van der Waals surface area contributed by atoms with Gasteiger partial charge in [-0.2, -0.15) is 0 Å². The molecule has 0 bridgehead atoms. The van der Waals surface area contributed by atoms with Gasteiger partial charge in [0, 0.05) is 38.3 Å². The summed E-state index contributed by atoms with van der Waals surface area (Å²) in [6, 6.07) is 1.36. The second-order valence-electron chi connectivity index (χ2n) is 6.41. The quantitative estimate of drug-likeness (QED) is 0.829. The van der Waals surface area contributed by atoms with Crippen LogP contribution in [0.3, 0.4) is 0 Å². The molecule has 2 fully saturated rings. The number of nitrogens with zero attached hydrogens (tertiary/aromatic N) is 1. The molecule has 0 saturated carbocycles. The lowest BCUT2D eigenvalue weighted by molar-refractivity contribution is -0.0282. The minimum Gasteiger partial charge on any atom is -0.377 e. The molecule has 3 heteroatoms. The summed E-state index contributed by atoms with van der Waals surface area (Å²) in [7, 11) is 0. The van der Waals surface area contributed by atoms with Crippen LogP contribution in [0.5, 0.6) is 0 Å². The Kier molecular flexibility index (Phi) is 6.11. The molecule has 0 radical (unpaired) electrons. The molecule has 3 nitrogen and oxygen atoms in total. The summed E-state index contributed by atoms with van der Waals surface area (Å²) in [5.41, 5.74) is 0. The van der Waals surface area contributed by atoms with E-state index in [-0.39, 0.29) is 0 Å². The molecule has 2 aliphatic rings. The molecule has 0 spiro atoms. The summed E-state index contributed by atoms with van der Waals surface area (Å²) in [4.78, 5) is 2.72. The summed E-state index contributed by atoms with van der Waals surface area (Å²) < 4.78 is 5.95. The van der Waals surface area contributed by atoms with Crippen molar-refractivity contribution in [2.24, 2.45) is 5.92 Å². The predicted molar refractivity (Wildman–Crippen MR) is 80.5 cm³/mol. The van der Waals surface area contributed by atoms with E-state index in [0.717, 1.165) is 25.6 Å². The molecule has 2 heterocycles. The Bertz CT molecular complexity index is 253. The van der Waals surface area contributed by atoms with Gasteiger partial charge in [-0.15, -0.1) is 0 Å². The van der Waals surface area contributed by atoms with Crippen LogP contribution in [0, 0.1) is 5.92 Å². The standard InChI is InChI=1S/C16H32N2O/c1-4-13(3)16-10-17-14(5-2)11-18(16)12-15-8-6-7-9-19-15/h13-17H,4-12H2,1-3H3. The Morgan fingerprint density at radius 3 is 2.79 bits per heavy atom. The molecule has 2 saturated heterocycles. The maximum Gasteiger partial charge on any atom is 0.0702 e. The van der Waals surface area contributed by atoms with E-state index in [9.17, 15) is 0 Å². The highest BCUT2D eigenvalue weighted by Crippen LogP contribution is 2.22. The van der Waals surface area contributed by atoms with Crippen LogP contribution in [0.4, 0.5) is 0 Å². The smallest absolute Gasteiger partial charge is 0.0702 e. The SMILES string of the molecule is CCC1CN(CC2CCCCO2)C(C(C)CC)CN1. The largest absolute Gasteiger partial charge is 0.377 e. The van der Waals surface area contributed by atoms with Crippen molar-refractivity contribution in [3.63, 3.8) is 0 Å². The van der Waals surface area contributed by atoms with Gasteiger partial charge in [-0.1, -0.05) is 27.2 Å². The third-order valence-electron chi connectivity index (χ3n) is 5.05. The average Bonchev–Trinajstić information content (AvgIpc) is 2.47. The van der Waals surface area contributed by atoms with Crippen molar-refractivity contribution in [2.75, 3.05) is 26.2 Å². The average molecular weight is 268 g/mol. The van der Waals surface area contributed by atoms with Crippen LogP contribution >= 0.6 is 0 Å². The maximum atomic E-state index is 5.95. The molecule has 4 atom stereocenters.